The zero-order chi connectivity index (χ0) is 10.8. The maximum Gasteiger partial charge on any atom is 0.265 e. The van der Waals surface area contributed by atoms with Crippen LogP contribution in [-0.2, 0) is 6.42 Å². The van der Waals surface area contributed by atoms with Crippen molar-refractivity contribution in [2.75, 3.05) is 0 Å². The molecular weight excluding hydrogens is 278 g/mol. The maximum atomic E-state index is 11.3. The van der Waals surface area contributed by atoms with Gasteiger partial charge in [0.05, 0.1) is 6.42 Å². The molecule has 0 atom stereocenters. The van der Waals surface area contributed by atoms with E-state index in [1.165, 1.54) is 6.20 Å². The fourth-order valence-corrected chi connectivity index (χ4v) is 2.11. The summed E-state index contributed by atoms with van der Waals surface area (Å²) in [5.41, 5.74) is 0.836. The van der Waals surface area contributed by atoms with E-state index in [0.29, 0.717) is 16.7 Å². The van der Waals surface area contributed by atoms with Gasteiger partial charge in [0.25, 0.3) is 5.56 Å². The monoisotopic (exact) mass is 285 g/mol. The number of hydrogen-bond donors (Lipinski definition) is 1. The molecule has 0 saturated carbocycles. The predicted octanol–water partition coefficient (Wildman–Crippen LogP) is 1.89. The molecule has 0 fully saturated rings. The Hall–Kier alpha value is -1.01. The first kappa shape index (κ1) is 10.5. The first-order chi connectivity index (χ1) is 7.15. The summed E-state index contributed by atoms with van der Waals surface area (Å²) in [6.45, 7) is 1.94. The average Bonchev–Trinajstić information content (AvgIpc) is 2.58. The molecule has 0 bridgehead atoms. The van der Waals surface area contributed by atoms with Crippen LogP contribution < -0.4 is 5.56 Å². The average molecular weight is 286 g/mol. The van der Waals surface area contributed by atoms with E-state index in [1.54, 1.807) is 11.3 Å². The van der Waals surface area contributed by atoms with E-state index in [0.717, 1.165) is 10.7 Å². The lowest BCUT2D eigenvalue weighted by molar-refractivity contribution is 0.926. The van der Waals surface area contributed by atoms with Gasteiger partial charge in [-0.1, -0.05) is 0 Å². The van der Waals surface area contributed by atoms with Crippen molar-refractivity contribution in [3.05, 3.63) is 42.9 Å². The highest BCUT2D eigenvalue weighted by Gasteiger charge is 2.04. The first-order valence-corrected chi connectivity index (χ1v) is 5.97. The number of aryl methyl sites for hydroxylation is 1. The third-order valence-electron chi connectivity index (χ3n) is 1.79. The lowest BCUT2D eigenvalue weighted by Crippen LogP contribution is -2.11. The number of thiazole rings is 1. The summed E-state index contributed by atoms with van der Waals surface area (Å²) in [4.78, 5) is 22.4. The Morgan fingerprint density at radius 2 is 2.40 bits per heavy atom. The molecule has 0 amide bonds. The van der Waals surface area contributed by atoms with Crippen LogP contribution in [0.5, 0.6) is 0 Å². The molecule has 78 valence electrons. The summed E-state index contributed by atoms with van der Waals surface area (Å²) in [5, 5.41) is 2.93. The number of hydrogen-bond acceptors (Lipinski definition) is 4. The van der Waals surface area contributed by atoms with E-state index < -0.39 is 0 Å². The summed E-state index contributed by atoms with van der Waals surface area (Å²) in [7, 11) is 0. The molecule has 2 aromatic rings. The highest BCUT2D eigenvalue weighted by molar-refractivity contribution is 9.10. The Morgan fingerprint density at radius 3 is 3.00 bits per heavy atom. The maximum absolute atomic E-state index is 11.3. The zero-order valence-corrected chi connectivity index (χ0v) is 10.4. The first-order valence-electron chi connectivity index (χ1n) is 4.30. The van der Waals surface area contributed by atoms with E-state index >= 15 is 0 Å². The van der Waals surface area contributed by atoms with Crippen LogP contribution in [0.1, 0.15) is 16.5 Å². The number of H-pyrrole nitrogens is 1. The second-order valence-electron chi connectivity index (χ2n) is 3.07. The van der Waals surface area contributed by atoms with Crippen LogP contribution in [0.3, 0.4) is 0 Å². The molecule has 2 heterocycles. The zero-order valence-electron chi connectivity index (χ0n) is 7.95. The summed E-state index contributed by atoms with van der Waals surface area (Å²) < 4.78 is 0.446. The Bertz CT molecular complexity index is 534. The van der Waals surface area contributed by atoms with E-state index in [1.807, 2.05) is 12.3 Å². The van der Waals surface area contributed by atoms with Crippen molar-refractivity contribution in [1.29, 1.82) is 0 Å². The SMILES string of the molecule is Cc1csc(Cc2ncc(Br)c(=O)[nH]2)n1. The second kappa shape index (κ2) is 4.24. The molecule has 0 aliphatic heterocycles. The third-order valence-corrected chi connectivity index (χ3v) is 3.33. The van der Waals surface area contributed by atoms with Crippen molar-refractivity contribution in [1.82, 2.24) is 15.0 Å². The minimum Gasteiger partial charge on any atom is -0.309 e. The number of rotatable bonds is 2. The van der Waals surface area contributed by atoms with Crippen LogP contribution in [0.15, 0.2) is 20.8 Å². The largest absolute Gasteiger partial charge is 0.309 e. The Balaban J connectivity index is 2.25. The molecule has 0 spiro atoms. The molecule has 4 nitrogen and oxygen atoms in total. The van der Waals surface area contributed by atoms with Gasteiger partial charge in [-0.15, -0.1) is 11.3 Å². The lowest BCUT2D eigenvalue weighted by Gasteiger charge is -1.96. The summed E-state index contributed by atoms with van der Waals surface area (Å²) in [5.74, 6) is 0.637. The molecule has 2 rings (SSSR count). The molecule has 0 aromatic carbocycles. The minimum atomic E-state index is -0.159. The molecule has 2 aromatic heterocycles. The molecule has 0 aliphatic rings. The highest BCUT2D eigenvalue weighted by atomic mass is 79.9. The van der Waals surface area contributed by atoms with Gasteiger partial charge < -0.3 is 4.98 Å². The molecule has 0 radical (unpaired) electrons. The Kier molecular flexibility index (Phi) is 2.97. The molecule has 1 N–H and O–H groups in total. The number of halogens is 1. The van der Waals surface area contributed by atoms with Crippen LogP contribution in [0.4, 0.5) is 0 Å². The van der Waals surface area contributed by atoms with E-state index in [4.69, 9.17) is 0 Å². The van der Waals surface area contributed by atoms with Crippen LogP contribution in [-0.4, -0.2) is 15.0 Å². The third kappa shape index (κ3) is 2.51. The quantitative estimate of drug-likeness (QED) is 0.917. The highest BCUT2D eigenvalue weighted by Crippen LogP contribution is 2.11. The van der Waals surface area contributed by atoms with Gasteiger partial charge in [-0.25, -0.2) is 9.97 Å². The van der Waals surface area contributed by atoms with Crippen molar-refractivity contribution >= 4 is 27.3 Å². The number of nitrogens with zero attached hydrogens (tertiary/aromatic N) is 2. The number of aromatic amines is 1. The van der Waals surface area contributed by atoms with Crippen LogP contribution in [0.2, 0.25) is 0 Å². The molecule has 0 aliphatic carbocycles. The van der Waals surface area contributed by atoms with Gasteiger partial charge in [-0.2, -0.15) is 0 Å². The lowest BCUT2D eigenvalue weighted by atomic mass is 10.4. The van der Waals surface area contributed by atoms with Gasteiger partial charge in [0.2, 0.25) is 0 Å². The van der Waals surface area contributed by atoms with E-state index in [9.17, 15) is 4.79 Å². The van der Waals surface area contributed by atoms with E-state index in [-0.39, 0.29) is 5.56 Å². The standard InChI is InChI=1S/C9H8BrN3OS/c1-5-4-15-8(12-5)2-7-11-3-6(10)9(14)13-7/h3-4H,2H2,1H3,(H,11,13,14). The minimum absolute atomic E-state index is 0.159. The van der Waals surface area contributed by atoms with Crippen molar-refractivity contribution in [3.8, 4) is 0 Å². The molecule has 6 heteroatoms. The fourth-order valence-electron chi connectivity index (χ4n) is 1.13. The van der Waals surface area contributed by atoms with Gasteiger partial charge in [-0.05, 0) is 22.9 Å². The summed E-state index contributed by atoms with van der Waals surface area (Å²) in [6.07, 6.45) is 2.08. The molecular formula is C9H8BrN3OS. The Morgan fingerprint density at radius 1 is 1.60 bits per heavy atom. The van der Waals surface area contributed by atoms with Gasteiger partial charge in [0.15, 0.2) is 0 Å². The van der Waals surface area contributed by atoms with Gasteiger partial charge in [0.1, 0.15) is 15.3 Å². The smallest absolute Gasteiger partial charge is 0.265 e. The molecule has 15 heavy (non-hydrogen) atoms. The van der Waals surface area contributed by atoms with Crippen LogP contribution >= 0.6 is 27.3 Å². The van der Waals surface area contributed by atoms with Crippen molar-refractivity contribution in [2.24, 2.45) is 0 Å². The second-order valence-corrected chi connectivity index (χ2v) is 4.86. The normalized spacial score (nSPS) is 10.5. The van der Waals surface area contributed by atoms with Crippen LogP contribution in [0.25, 0.3) is 0 Å². The number of nitrogens with one attached hydrogen (secondary N) is 1. The van der Waals surface area contributed by atoms with Crippen molar-refractivity contribution < 1.29 is 0 Å². The summed E-state index contributed by atoms with van der Waals surface area (Å²) >= 11 is 4.67. The van der Waals surface area contributed by atoms with Gasteiger partial charge >= 0.3 is 0 Å². The van der Waals surface area contributed by atoms with Crippen LogP contribution in [0, 0.1) is 6.92 Å². The topological polar surface area (TPSA) is 58.6 Å². The summed E-state index contributed by atoms with van der Waals surface area (Å²) in [6, 6.07) is 0. The number of aromatic nitrogens is 3. The Labute approximate surface area is 98.5 Å². The predicted molar refractivity (Wildman–Crippen MR) is 62.2 cm³/mol. The molecule has 0 saturated heterocycles. The van der Waals surface area contributed by atoms with Gasteiger partial charge in [0, 0.05) is 17.3 Å². The van der Waals surface area contributed by atoms with Crippen molar-refractivity contribution in [2.45, 2.75) is 13.3 Å². The van der Waals surface area contributed by atoms with Crippen molar-refractivity contribution in [3.63, 3.8) is 0 Å². The van der Waals surface area contributed by atoms with Gasteiger partial charge in [-0.3, -0.25) is 4.79 Å². The molecule has 0 unspecified atom stereocenters. The fraction of sp³-hybridized carbons (Fsp3) is 0.222. The van der Waals surface area contributed by atoms with E-state index in [2.05, 4.69) is 30.9 Å².